The van der Waals surface area contributed by atoms with Crippen molar-refractivity contribution in [3.63, 3.8) is 0 Å². The fourth-order valence-corrected chi connectivity index (χ4v) is 4.21. The van der Waals surface area contributed by atoms with Gasteiger partial charge in [0, 0.05) is 25.7 Å². The molecule has 8 heteroatoms. The minimum Gasteiger partial charge on any atom is -0.493 e. The molecule has 0 aliphatic heterocycles. The molecule has 0 heterocycles. The van der Waals surface area contributed by atoms with Crippen molar-refractivity contribution in [1.82, 2.24) is 0 Å². The molecule has 0 aromatic heterocycles. The second kappa shape index (κ2) is 15.6. The molecule has 2 aromatic carbocycles. The number of carbonyl (C=O) groups excluding carboxylic acids is 3. The van der Waals surface area contributed by atoms with Crippen molar-refractivity contribution in [3.8, 4) is 22.6 Å². The number of aryl methyl sites for hydroxylation is 1. The SMILES string of the molecule is CCCCCCOc1ccc(-c2ccc(CCC(COC(C)=O)(COC(C)=O)CC(N)=O)cc2)cc1OC. The van der Waals surface area contributed by atoms with Gasteiger partial charge in [0.1, 0.15) is 13.2 Å². The maximum Gasteiger partial charge on any atom is 0.302 e. The van der Waals surface area contributed by atoms with E-state index in [9.17, 15) is 14.4 Å². The molecule has 38 heavy (non-hydrogen) atoms. The number of amides is 1. The molecule has 0 saturated carbocycles. The van der Waals surface area contributed by atoms with E-state index in [1.165, 1.54) is 26.7 Å². The number of hydrogen-bond acceptors (Lipinski definition) is 7. The van der Waals surface area contributed by atoms with Crippen LogP contribution in [0.1, 0.15) is 64.9 Å². The van der Waals surface area contributed by atoms with E-state index >= 15 is 0 Å². The topological polar surface area (TPSA) is 114 Å². The number of nitrogens with two attached hydrogens (primary N) is 1. The van der Waals surface area contributed by atoms with Crippen LogP contribution in [0.3, 0.4) is 0 Å². The Kier molecular flexibility index (Phi) is 12.6. The van der Waals surface area contributed by atoms with Gasteiger partial charge in [0.25, 0.3) is 0 Å². The zero-order valence-corrected chi connectivity index (χ0v) is 23.0. The second-order valence-corrected chi connectivity index (χ2v) is 9.68. The van der Waals surface area contributed by atoms with Crippen LogP contribution in [0, 0.1) is 5.41 Å². The molecule has 0 atom stereocenters. The van der Waals surface area contributed by atoms with Crippen LogP contribution in [0.15, 0.2) is 42.5 Å². The van der Waals surface area contributed by atoms with Crippen LogP contribution >= 0.6 is 0 Å². The van der Waals surface area contributed by atoms with Gasteiger partial charge in [0.05, 0.1) is 13.7 Å². The Balaban J connectivity index is 2.12. The lowest BCUT2D eigenvalue weighted by Crippen LogP contribution is -2.38. The van der Waals surface area contributed by atoms with Crippen molar-refractivity contribution in [2.75, 3.05) is 26.9 Å². The summed E-state index contributed by atoms with van der Waals surface area (Å²) in [6.07, 6.45) is 5.51. The highest BCUT2D eigenvalue weighted by Crippen LogP contribution is 2.34. The molecule has 1 amide bonds. The van der Waals surface area contributed by atoms with Gasteiger partial charge in [-0.05, 0) is 48.1 Å². The molecule has 0 radical (unpaired) electrons. The van der Waals surface area contributed by atoms with Gasteiger partial charge in [-0.2, -0.15) is 0 Å². The number of methoxy groups -OCH3 is 1. The Bertz CT molecular complexity index is 1030. The number of benzene rings is 2. The maximum absolute atomic E-state index is 11.8. The Morgan fingerprint density at radius 3 is 2.03 bits per heavy atom. The first-order valence-electron chi connectivity index (χ1n) is 13.1. The molecule has 208 valence electrons. The summed E-state index contributed by atoms with van der Waals surface area (Å²) in [6, 6.07) is 14.0. The van der Waals surface area contributed by atoms with Gasteiger partial charge in [-0.1, -0.05) is 56.5 Å². The molecule has 0 fully saturated rings. The third kappa shape index (κ3) is 10.4. The predicted molar refractivity (Wildman–Crippen MR) is 146 cm³/mol. The van der Waals surface area contributed by atoms with Crippen LogP contribution in [0.25, 0.3) is 11.1 Å². The number of esters is 2. The van der Waals surface area contributed by atoms with E-state index in [1.807, 2.05) is 42.5 Å². The molecule has 0 saturated heterocycles. The fraction of sp³-hybridized carbons (Fsp3) is 0.500. The number of hydrogen-bond donors (Lipinski definition) is 1. The molecule has 0 bridgehead atoms. The number of ether oxygens (including phenoxy) is 4. The standard InChI is InChI=1S/C30H41NO7/c1-5-6-7-8-17-36-27-14-13-26(18-28(27)35-4)25-11-9-24(10-12-25)15-16-30(19-29(31)34,20-37-22(2)32)21-38-23(3)33/h9-14,18H,5-8,15-17,19-21H2,1-4H3,(H2,31,34). The molecule has 0 aliphatic carbocycles. The van der Waals surface area contributed by atoms with Crippen LogP contribution in [-0.2, 0) is 30.3 Å². The number of primary amides is 1. The first-order chi connectivity index (χ1) is 18.2. The van der Waals surface area contributed by atoms with E-state index in [-0.39, 0.29) is 19.6 Å². The van der Waals surface area contributed by atoms with E-state index in [0.29, 0.717) is 25.2 Å². The summed E-state index contributed by atoms with van der Waals surface area (Å²) in [6.45, 7) is 5.30. The minimum atomic E-state index is -0.901. The molecule has 2 aromatic rings. The normalized spacial score (nSPS) is 11.1. The smallest absolute Gasteiger partial charge is 0.302 e. The first kappa shape index (κ1) is 30.7. The van der Waals surface area contributed by atoms with Gasteiger partial charge >= 0.3 is 11.9 Å². The van der Waals surface area contributed by atoms with Gasteiger partial charge in [-0.15, -0.1) is 0 Å². The van der Waals surface area contributed by atoms with Gasteiger partial charge in [-0.3, -0.25) is 14.4 Å². The lowest BCUT2D eigenvalue weighted by molar-refractivity contribution is -0.154. The van der Waals surface area contributed by atoms with Gasteiger partial charge < -0.3 is 24.7 Å². The molecule has 0 aliphatic rings. The summed E-state index contributed by atoms with van der Waals surface area (Å²) >= 11 is 0. The number of rotatable bonds is 17. The van der Waals surface area contributed by atoms with Crippen molar-refractivity contribution in [2.24, 2.45) is 11.1 Å². The Hall–Kier alpha value is -3.55. The summed E-state index contributed by atoms with van der Waals surface area (Å²) in [5, 5.41) is 0. The zero-order chi connectivity index (χ0) is 28.0. The highest BCUT2D eigenvalue weighted by Gasteiger charge is 2.35. The van der Waals surface area contributed by atoms with Crippen molar-refractivity contribution in [1.29, 1.82) is 0 Å². The summed E-state index contributed by atoms with van der Waals surface area (Å²) in [5.41, 5.74) is 7.62. The molecule has 2 N–H and O–H groups in total. The average Bonchev–Trinajstić information content (AvgIpc) is 2.89. The number of unbranched alkanes of at least 4 members (excludes halogenated alkanes) is 3. The molecule has 8 nitrogen and oxygen atoms in total. The fourth-order valence-electron chi connectivity index (χ4n) is 4.21. The van der Waals surface area contributed by atoms with Crippen LogP contribution in [0.4, 0.5) is 0 Å². The Morgan fingerprint density at radius 2 is 1.47 bits per heavy atom. The molecular formula is C30H41NO7. The monoisotopic (exact) mass is 527 g/mol. The third-order valence-corrected chi connectivity index (χ3v) is 6.36. The zero-order valence-electron chi connectivity index (χ0n) is 23.0. The van der Waals surface area contributed by atoms with Crippen LogP contribution < -0.4 is 15.2 Å². The Labute approximate surface area is 225 Å². The van der Waals surface area contributed by atoms with Crippen molar-refractivity contribution < 1.29 is 33.3 Å². The van der Waals surface area contributed by atoms with E-state index in [1.54, 1.807) is 7.11 Å². The Morgan fingerprint density at radius 1 is 0.842 bits per heavy atom. The van der Waals surface area contributed by atoms with Gasteiger partial charge in [-0.25, -0.2) is 0 Å². The maximum atomic E-state index is 11.8. The minimum absolute atomic E-state index is 0.0660. The summed E-state index contributed by atoms with van der Waals surface area (Å²) in [4.78, 5) is 34.7. The van der Waals surface area contributed by atoms with Crippen LogP contribution in [-0.4, -0.2) is 44.8 Å². The average molecular weight is 528 g/mol. The van der Waals surface area contributed by atoms with Crippen molar-refractivity contribution >= 4 is 17.8 Å². The van der Waals surface area contributed by atoms with Crippen molar-refractivity contribution in [2.45, 2.75) is 65.7 Å². The molecule has 0 unspecified atom stereocenters. The summed E-state index contributed by atoms with van der Waals surface area (Å²) < 4.78 is 21.9. The lowest BCUT2D eigenvalue weighted by Gasteiger charge is -2.31. The quantitative estimate of drug-likeness (QED) is 0.221. The van der Waals surface area contributed by atoms with Crippen LogP contribution in [0.5, 0.6) is 11.5 Å². The van der Waals surface area contributed by atoms with E-state index in [0.717, 1.165) is 35.3 Å². The second-order valence-electron chi connectivity index (χ2n) is 9.68. The van der Waals surface area contributed by atoms with Crippen molar-refractivity contribution in [3.05, 3.63) is 48.0 Å². The predicted octanol–water partition coefficient (Wildman–Crippen LogP) is 5.24. The molecule has 0 spiro atoms. The summed E-state index contributed by atoms with van der Waals surface area (Å²) in [7, 11) is 1.64. The van der Waals surface area contributed by atoms with E-state index < -0.39 is 23.3 Å². The lowest BCUT2D eigenvalue weighted by atomic mass is 9.80. The van der Waals surface area contributed by atoms with Gasteiger partial charge in [0.2, 0.25) is 5.91 Å². The van der Waals surface area contributed by atoms with E-state index in [2.05, 4.69) is 6.92 Å². The third-order valence-electron chi connectivity index (χ3n) is 6.36. The van der Waals surface area contributed by atoms with Gasteiger partial charge in [0.15, 0.2) is 11.5 Å². The largest absolute Gasteiger partial charge is 0.493 e. The molecular weight excluding hydrogens is 486 g/mol. The number of carbonyl (C=O) groups is 3. The molecule has 2 rings (SSSR count). The first-order valence-corrected chi connectivity index (χ1v) is 13.1. The summed E-state index contributed by atoms with van der Waals surface area (Å²) in [5.74, 6) is -0.0873. The van der Waals surface area contributed by atoms with E-state index in [4.69, 9.17) is 24.7 Å². The highest BCUT2D eigenvalue weighted by molar-refractivity contribution is 5.75. The van der Waals surface area contributed by atoms with Crippen LogP contribution in [0.2, 0.25) is 0 Å². The highest BCUT2D eigenvalue weighted by atomic mass is 16.5.